The smallest absolute Gasteiger partial charge is 0.318 e. The first kappa shape index (κ1) is 14.7. The monoisotopic (exact) mass is 271 g/mol. The lowest BCUT2D eigenvalue weighted by atomic mass is 10.3. The van der Waals surface area contributed by atoms with E-state index < -0.39 is 22.5 Å². The first-order valence-corrected chi connectivity index (χ1v) is 7.19. The van der Waals surface area contributed by atoms with Crippen LogP contribution < -0.4 is 0 Å². The van der Waals surface area contributed by atoms with Gasteiger partial charge in [0.2, 0.25) is 10.0 Å². The molecule has 1 aromatic carbocycles. The lowest BCUT2D eigenvalue weighted by Gasteiger charge is -2.19. The molecular formula is C12H17NO4S. The van der Waals surface area contributed by atoms with Crippen molar-refractivity contribution < 1.29 is 18.3 Å². The fraction of sp³-hybridized carbons (Fsp3) is 0.417. The van der Waals surface area contributed by atoms with Gasteiger partial charge < -0.3 is 5.11 Å². The Morgan fingerprint density at radius 2 is 1.89 bits per heavy atom. The minimum Gasteiger partial charge on any atom is -0.480 e. The molecule has 0 saturated heterocycles. The number of hydrogen-bond donors (Lipinski definition) is 1. The van der Waals surface area contributed by atoms with Gasteiger partial charge in [-0.15, -0.1) is 0 Å². The van der Waals surface area contributed by atoms with Crippen LogP contribution in [0.4, 0.5) is 0 Å². The predicted octanol–water partition coefficient (Wildman–Crippen LogP) is 1.56. The van der Waals surface area contributed by atoms with Crippen molar-refractivity contribution in [2.75, 3.05) is 13.1 Å². The summed E-state index contributed by atoms with van der Waals surface area (Å²) in [5, 5.41) is 8.79. The van der Waals surface area contributed by atoms with Gasteiger partial charge in [0.25, 0.3) is 0 Å². The molecule has 0 aliphatic rings. The largest absolute Gasteiger partial charge is 0.480 e. The zero-order chi connectivity index (χ0) is 13.6. The van der Waals surface area contributed by atoms with Crippen molar-refractivity contribution in [3.8, 4) is 0 Å². The second-order valence-electron chi connectivity index (χ2n) is 3.90. The molecule has 0 spiro atoms. The van der Waals surface area contributed by atoms with E-state index in [1.807, 2.05) is 6.92 Å². The molecule has 0 unspecified atom stereocenters. The fourth-order valence-electron chi connectivity index (χ4n) is 1.51. The van der Waals surface area contributed by atoms with Crippen molar-refractivity contribution in [2.24, 2.45) is 0 Å². The number of carboxylic acids is 1. The molecule has 0 fully saturated rings. The molecule has 0 aliphatic carbocycles. The minimum atomic E-state index is -3.72. The predicted molar refractivity (Wildman–Crippen MR) is 67.7 cm³/mol. The molecule has 18 heavy (non-hydrogen) atoms. The summed E-state index contributed by atoms with van der Waals surface area (Å²) in [6.07, 6.45) is 1.44. The van der Waals surface area contributed by atoms with Gasteiger partial charge in [0.1, 0.15) is 6.54 Å². The average Bonchev–Trinajstić information content (AvgIpc) is 2.35. The van der Waals surface area contributed by atoms with Crippen molar-refractivity contribution in [1.29, 1.82) is 0 Å². The summed E-state index contributed by atoms with van der Waals surface area (Å²) in [5.41, 5.74) is 0. The Kier molecular flexibility index (Phi) is 5.30. The number of hydrogen-bond acceptors (Lipinski definition) is 3. The number of benzene rings is 1. The van der Waals surface area contributed by atoms with Gasteiger partial charge in [0, 0.05) is 6.54 Å². The third-order valence-electron chi connectivity index (χ3n) is 2.45. The summed E-state index contributed by atoms with van der Waals surface area (Å²) < 4.78 is 25.5. The van der Waals surface area contributed by atoms with Gasteiger partial charge in [-0.25, -0.2) is 8.42 Å². The Hall–Kier alpha value is -1.40. The van der Waals surface area contributed by atoms with E-state index in [4.69, 9.17) is 5.11 Å². The van der Waals surface area contributed by atoms with Crippen LogP contribution in [-0.4, -0.2) is 36.9 Å². The second kappa shape index (κ2) is 6.51. The quantitative estimate of drug-likeness (QED) is 0.816. The maximum atomic E-state index is 12.2. The second-order valence-corrected chi connectivity index (χ2v) is 5.84. The Balaban J connectivity index is 2.99. The fourth-order valence-corrected chi connectivity index (χ4v) is 2.96. The Bertz CT molecular complexity index is 484. The molecule has 1 rings (SSSR count). The standard InChI is InChI=1S/C12H17NO4S/c1-2-3-9-13(10-12(14)15)18(16,17)11-7-5-4-6-8-11/h4-8H,2-3,9-10H2,1H3,(H,14,15). The average molecular weight is 271 g/mol. The van der Waals surface area contributed by atoms with Crippen LogP contribution in [0, 0.1) is 0 Å². The van der Waals surface area contributed by atoms with Gasteiger partial charge >= 0.3 is 5.97 Å². The molecule has 0 radical (unpaired) electrons. The van der Waals surface area contributed by atoms with E-state index in [2.05, 4.69) is 0 Å². The number of aliphatic carboxylic acids is 1. The van der Waals surface area contributed by atoms with E-state index in [-0.39, 0.29) is 11.4 Å². The third-order valence-corrected chi connectivity index (χ3v) is 4.31. The lowest BCUT2D eigenvalue weighted by Crippen LogP contribution is -2.36. The highest BCUT2D eigenvalue weighted by Gasteiger charge is 2.25. The van der Waals surface area contributed by atoms with Gasteiger partial charge in [-0.3, -0.25) is 4.79 Å². The molecule has 0 saturated carbocycles. The molecule has 0 aliphatic heterocycles. The Labute approximate surface area is 107 Å². The van der Waals surface area contributed by atoms with Crippen LogP contribution in [0.3, 0.4) is 0 Å². The molecule has 1 N–H and O–H groups in total. The molecule has 1 aromatic rings. The molecule has 5 nitrogen and oxygen atoms in total. The van der Waals surface area contributed by atoms with Crippen molar-refractivity contribution >= 4 is 16.0 Å². The van der Waals surface area contributed by atoms with Gasteiger partial charge in [-0.2, -0.15) is 4.31 Å². The van der Waals surface area contributed by atoms with Crippen LogP contribution in [0.1, 0.15) is 19.8 Å². The van der Waals surface area contributed by atoms with Crippen LogP contribution in [0.2, 0.25) is 0 Å². The lowest BCUT2D eigenvalue weighted by molar-refractivity contribution is -0.137. The van der Waals surface area contributed by atoms with Crippen LogP contribution >= 0.6 is 0 Å². The van der Waals surface area contributed by atoms with Crippen LogP contribution in [0.25, 0.3) is 0 Å². The van der Waals surface area contributed by atoms with Gasteiger partial charge in [0.15, 0.2) is 0 Å². The number of carbonyl (C=O) groups is 1. The summed E-state index contributed by atoms with van der Waals surface area (Å²) >= 11 is 0. The van der Waals surface area contributed by atoms with E-state index in [1.54, 1.807) is 18.2 Å². The molecule has 100 valence electrons. The van der Waals surface area contributed by atoms with Gasteiger partial charge in [0.05, 0.1) is 4.90 Å². The molecule has 0 heterocycles. The molecule has 0 aromatic heterocycles. The van der Waals surface area contributed by atoms with Crippen LogP contribution in [-0.2, 0) is 14.8 Å². The van der Waals surface area contributed by atoms with Crippen LogP contribution in [0.5, 0.6) is 0 Å². The van der Waals surface area contributed by atoms with E-state index in [9.17, 15) is 13.2 Å². The van der Waals surface area contributed by atoms with Crippen molar-refractivity contribution in [3.05, 3.63) is 30.3 Å². The molecular weight excluding hydrogens is 254 g/mol. The van der Waals surface area contributed by atoms with E-state index in [0.717, 1.165) is 10.7 Å². The van der Waals surface area contributed by atoms with Crippen molar-refractivity contribution in [3.63, 3.8) is 0 Å². The van der Waals surface area contributed by atoms with E-state index >= 15 is 0 Å². The van der Waals surface area contributed by atoms with Crippen LogP contribution in [0.15, 0.2) is 35.2 Å². The summed E-state index contributed by atoms with van der Waals surface area (Å²) in [7, 11) is -3.72. The molecule has 0 bridgehead atoms. The zero-order valence-corrected chi connectivity index (χ0v) is 11.1. The highest BCUT2D eigenvalue weighted by atomic mass is 32.2. The molecule has 6 heteroatoms. The maximum Gasteiger partial charge on any atom is 0.318 e. The molecule has 0 atom stereocenters. The number of sulfonamides is 1. The summed E-state index contributed by atoms with van der Waals surface area (Å²) in [4.78, 5) is 10.9. The zero-order valence-electron chi connectivity index (χ0n) is 10.2. The molecule has 0 amide bonds. The first-order chi connectivity index (χ1) is 8.48. The van der Waals surface area contributed by atoms with Crippen molar-refractivity contribution in [2.45, 2.75) is 24.7 Å². The summed E-state index contributed by atoms with van der Waals surface area (Å²) in [6, 6.07) is 7.89. The van der Waals surface area contributed by atoms with E-state index in [1.165, 1.54) is 12.1 Å². The van der Waals surface area contributed by atoms with Gasteiger partial charge in [-0.05, 0) is 18.6 Å². The normalized spacial score (nSPS) is 11.7. The minimum absolute atomic E-state index is 0.127. The highest BCUT2D eigenvalue weighted by Crippen LogP contribution is 2.15. The number of nitrogens with zero attached hydrogens (tertiary/aromatic N) is 1. The summed E-state index contributed by atoms with van der Waals surface area (Å²) in [5.74, 6) is -1.15. The number of unbranched alkanes of at least 4 members (excludes halogenated alkanes) is 1. The highest BCUT2D eigenvalue weighted by molar-refractivity contribution is 7.89. The van der Waals surface area contributed by atoms with Gasteiger partial charge in [-0.1, -0.05) is 31.5 Å². The Morgan fingerprint density at radius 3 is 2.39 bits per heavy atom. The number of carboxylic acid groups (broad SMARTS) is 1. The topological polar surface area (TPSA) is 74.7 Å². The van der Waals surface area contributed by atoms with Crippen molar-refractivity contribution in [1.82, 2.24) is 4.31 Å². The third kappa shape index (κ3) is 3.82. The number of rotatable bonds is 7. The Morgan fingerprint density at radius 1 is 1.28 bits per heavy atom. The summed E-state index contributed by atoms with van der Waals surface area (Å²) in [6.45, 7) is 1.64. The first-order valence-electron chi connectivity index (χ1n) is 5.75. The van der Waals surface area contributed by atoms with E-state index in [0.29, 0.717) is 6.42 Å². The maximum absolute atomic E-state index is 12.2. The SMILES string of the molecule is CCCCN(CC(=O)O)S(=O)(=O)c1ccccc1.